The van der Waals surface area contributed by atoms with Crippen molar-refractivity contribution in [1.82, 2.24) is 19.9 Å². The van der Waals surface area contributed by atoms with Gasteiger partial charge in [-0.25, -0.2) is 4.52 Å². The van der Waals surface area contributed by atoms with Gasteiger partial charge in [0.25, 0.3) is 5.91 Å². The zero-order valence-corrected chi connectivity index (χ0v) is 16.1. The normalized spacial score (nSPS) is 10.8. The monoisotopic (exact) mass is 386 g/mol. The molecule has 7 nitrogen and oxygen atoms in total. The molecule has 146 valence electrons. The number of nitrogens with one attached hydrogen (secondary N) is 2. The summed E-state index contributed by atoms with van der Waals surface area (Å²) in [5.41, 5.74) is 11.1. The summed E-state index contributed by atoms with van der Waals surface area (Å²) in [4.78, 5) is 16.2. The van der Waals surface area contributed by atoms with Crippen LogP contribution >= 0.6 is 0 Å². The standard InChI is InChI=1S/C22H22N6O/c1-24-21(29)16-8-10-18(11-9-16)25-22-26-20-7-3-6-19(28(20)27-22)17-5-2-4-15(14-17)12-13-23/h2-11,14H,12-13,23H2,1H3,(H,24,29)(H,25,27). The molecule has 0 spiro atoms. The summed E-state index contributed by atoms with van der Waals surface area (Å²) in [5, 5.41) is 10.4. The number of nitrogens with zero attached hydrogens (tertiary/aromatic N) is 3. The molecule has 4 aromatic rings. The van der Waals surface area contributed by atoms with Crippen LogP contribution in [0.5, 0.6) is 0 Å². The van der Waals surface area contributed by atoms with E-state index < -0.39 is 0 Å². The smallest absolute Gasteiger partial charge is 0.251 e. The Hall–Kier alpha value is -3.71. The topological polar surface area (TPSA) is 97.3 Å². The molecule has 4 N–H and O–H groups in total. The van der Waals surface area contributed by atoms with Gasteiger partial charge >= 0.3 is 0 Å². The number of amides is 1. The lowest BCUT2D eigenvalue weighted by molar-refractivity contribution is 0.0963. The summed E-state index contributed by atoms with van der Waals surface area (Å²) >= 11 is 0. The molecule has 2 heterocycles. The van der Waals surface area contributed by atoms with Crippen molar-refractivity contribution < 1.29 is 4.79 Å². The minimum atomic E-state index is -0.121. The SMILES string of the molecule is CNC(=O)c1ccc(Nc2nc3cccc(-c4cccc(CCN)c4)n3n2)cc1. The molecule has 1 amide bonds. The van der Waals surface area contributed by atoms with Crippen molar-refractivity contribution >= 4 is 23.2 Å². The average molecular weight is 386 g/mol. The maximum absolute atomic E-state index is 11.7. The van der Waals surface area contributed by atoms with E-state index in [1.807, 2.05) is 40.9 Å². The predicted octanol–water partition coefficient (Wildman–Crippen LogP) is 3.00. The van der Waals surface area contributed by atoms with E-state index in [0.29, 0.717) is 18.1 Å². The zero-order chi connectivity index (χ0) is 20.2. The minimum absolute atomic E-state index is 0.121. The van der Waals surface area contributed by atoms with Crippen LogP contribution in [0.15, 0.2) is 66.7 Å². The lowest BCUT2D eigenvalue weighted by Crippen LogP contribution is -2.17. The van der Waals surface area contributed by atoms with Crippen LogP contribution in [0, 0.1) is 0 Å². The van der Waals surface area contributed by atoms with Gasteiger partial charge in [0.2, 0.25) is 5.95 Å². The maximum atomic E-state index is 11.7. The number of pyridine rings is 1. The van der Waals surface area contributed by atoms with Crippen LogP contribution < -0.4 is 16.4 Å². The first-order valence-electron chi connectivity index (χ1n) is 9.42. The first kappa shape index (κ1) is 18.6. The summed E-state index contributed by atoms with van der Waals surface area (Å²) in [6.45, 7) is 0.615. The molecule has 0 fully saturated rings. The van der Waals surface area contributed by atoms with Gasteiger partial charge in [0.05, 0.1) is 5.69 Å². The van der Waals surface area contributed by atoms with Gasteiger partial charge in [-0.1, -0.05) is 24.3 Å². The molecule has 2 aromatic carbocycles. The molecule has 2 aromatic heterocycles. The molecule has 0 bridgehead atoms. The highest BCUT2D eigenvalue weighted by molar-refractivity contribution is 5.94. The average Bonchev–Trinajstić information content (AvgIpc) is 3.16. The molecule has 0 aliphatic rings. The van der Waals surface area contributed by atoms with E-state index in [4.69, 9.17) is 5.73 Å². The Balaban J connectivity index is 1.64. The highest BCUT2D eigenvalue weighted by atomic mass is 16.1. The highest BCUT2D eigenvalue weighted by Crippen LogP contribution is 2.23. The number of nitrogens with two attached hydrogens (primary N) is 1. The van der Waals surface area contributed by atoms with E-state index in [1.165, 1.54) is 5.56 Å². The molecule has 0 saturated heterocycles. The van der Waals surface area contributed by atoms with Crippen LogP contribution in [-0.4, -0.2) is 34.1 Å². The molecule has 29 heavy (non-hydrogen) atoms. The number of hydrogen-bond donors (Lipinski definition) is 3. The Kier molecular flexibility index (Phi) is 5.22. The Morgan fingerprint density at radius 3 is 2.62 bits per heavy atom. The van der Waals surface area contributed by atoms with Gasteiger partial charge in [0.1, 0.15) is 0 Å². The van der Waals surface area contributed by atoms with Gasteiger partial charge in [-0.2, -0.15) is 4.98 Å². The summed E-state index contributed by atoms with van der Waals surface area (Å²) in [6, 6.07) is 21.4. The van der Waals surface area contributed by atoms with Crippen molar-refractivity contribution in [3.63, 3.8) is 0 Å². The third-order valence-electron chi connectivity index (χ3n) is 4.65. The molecular weight excluding hydrogens is 364 g/mol. The Labute approximate surface area is 168 Å². The predicted molar refractivity (Wildman–Crippen MR) is 114 cm³/mol. The third-order valence-corrected chi connectivity index (χ3v) is 4.65. The Morgan fingerprint density at radius 1 is 1.07 bits per heavy atom. The van der Waals surface area contributed by atoms with Crippen LogP contribution in [0.3, 0.4) is 0 Å². The molecule has 0 aliphatic carbocycles. The first-order valence-corrected chi connectivity index (χ1v) is 9.42. The number of fused-ring (bicyclic) bond motifs is 1. The van der Waals surface area contributed by atoms with E-state index >= 15 is 0 Å². The van der Waals surface area contributed by atoms with Crippen molar-refractivity contribution in [3.8, 4) is 11.3 Å². The molecular formula is C22H22N6O. The van der Waals surface area contributed by atoms with Crippen LogP contribution in [0.4, 0.5) is 11.6 Å². The molecule has 4 rings (SSSR count). The maximum Gasteiger partial charge on any atom is 0.251 e. The number of benzene rings is 2. The van der Waals surface area contributed by atoms with Crippen molar-refractivity contribution in [3.05, 3.63) is 77.9 Å². The fraction of sp³-hybridized carbons (Fsp3) is 0.136. The van der Waals surface area contributed by atoms with Gasteiger partial charge in [-0.05, 0) is 61.0 Å². The number of anilines is 2. The van der Waals surface area contributed by atoms with Crippen LogP contribution in [-0.2, 0) is 6.42 Å². The van der Waals surface area contributed by atoms with Gasteiger partial charge in [-0.3, -0.25) is 4.79 Å². The van der Waals surface area contributed by atoms with Crippen LogP contribution in [0.1, 0.15) is 15.9 Å². The van der Waals surface area contributed by atoms with E-state index in [1.54, 1.807) is 19.2 Å². The largest absolute Gasteiger partial charge is 0.355 e. The summed E-state index contributed by atoms with van der Waals surface area (Å²) in [6.07, 6.45) is 0.833. The van der Waals surface area contributed by atoms with Crippen LogP contribution in [0.2, 0.25) is 0 Å². The van der Waals surface area contributed by atoms with E-state index in [-0.39, 0.29) is 5.91 Å². The van der Waals surface area contributed by atoms with Crippen molar-refractivity contribution in [1.29, 1.82) is 0 Å². The quantitative estimate of drug-likeness (QED) is 0.473. The van der Waals surface area contributed by atoms with Crippen LogP contribution in [0.25, 0.3) is 16.9 Å². The minimum Gasteiger partial charge on any atom is -0.355 e. The fourth-order valence-corrected chi connectivity index (χ4v) is 3.21. The summed E-state index contributed by atoms with van der Waals surface area (Å²) < 4.78 is 1.82. The van der Waals surface area contributed by atoms with Gasteiger partial charge in [0.15, 0.2) is 5.65 Å². The first-order chi connectivity index (χ1) is 14.2. The second-order valence-electron chi connectivity index (χ2n) is 6.64. The third kappa shape index (κ3) is 3.95. The molecule has 0 radical (unpaired) electrons. The van der Waals surface area contributed by atoms with E-state index in [9.17, 15) is 4.79 Å². The molecule has 7 heteroatoms. The van der Waals surface area contributed by atoms with Gasteiger partial charge < -0.3 is 16.4 Å². The van der Waals surface area contributed by atoms with E-state index in [2.05, 4.69) is 38.9 Å². The van der Waals surface area contributed by atoms with Crippen molar-refractivity contribution in [2.24, 2.45) is 5.73 Å². The van der Waals surface area contributed by atoms with Gasteiger partial charge in [-0.15, -0.1) is 5.10 Å². The lowest BCUT2D eigenvalue weighted by atomic mass is 10.1. The number of carbonyl (C=O) groups is 1. The zero-order valence-electron chi connectivity index (χ0n) is 16.1. The number of carbonyl (C=O) groups excluding carboxylic acids is 1. The lowest BCUT2D eigenvalue weighted by Gasteiger charge is -2.06. The molecule has 0 atom stereocenters. The number of aromatic nitrogens is 3. The summed E-state index contributed by atoms with van der Waals surface area (Å²) in [5.74, 6) is 0.368. The second kappa shape index (κ2) is 8.12. The number of rotatable bonds is 6. The fourth-order valence-electron chi connectivity index (χ4n) is 3.21. The van der Waals surface area contributed by atoms with E-state index in [0.717, 1.165) is 29.0 Å². The summed E-state index contributed by atoms with van der Waals surface area (Å²) in [7, 11) is 1.61. The molecule has 0 saturated carbocycles. The van der Waals surface area contributed by atoms with Gasteiger partial charge in [0, 0.05) is 23.9 Å². The Bertz CT molecular complexity index is 1150. The van der Waals surface area contributed by atoms with Crippen molar-refractivity contribution in [2.45, 2.75) is 6.42 Å². The Morgan fingerprint density at radius 2 is 1.86 bits per heavy atom. The highest BCUT2D eigenvalue weighted by Gasteiger charge is 2.10. The molecule has 0 unspecified atom stereocenters. The second-order valence-corrected chi connectivity index (χ2v) is 6.64. The van der Waals surface area contributed by atoms with Crippen molar-refractivity contribution in [2.75, 3.05) is 18.9 Å². The number of hydrogen-bond acceptors (Lipinski definition) is 5. The molecule has 0 aliphatic heterocycles.